The highest BCUT2D eigenvalue weighted by molar-refractivity contribution is 5.90. The van der Waals surface area contributed by atoms with Gasteiger partial charge < -0.3 is 19.4 Å². The van der Waals surface area contributed by atoms with Crippen molar-refractivity contribution in [1.82, 2.24) is 14.9 Å². The van der Waals surface area contributed by atoms with E-state index in [1.807, 2.05) is 0 Å². The molecule has 1 atom stereocenters. The molecule has 142 valence electrons. The third-order valence-electron chi connectivity index (χ3n) is 3.19. The molecule has 0 spiro atoms. The van der Waals surface area contributed by atoms with Crippen molar-refractivity contribution in [1.29, 1.82) is 0 Å². The van der Waals surface area contributed by atoms with Crippen LogP contribution in [0.1, 0.15) is 24.0 Å². The largest absolute Gasteiger partial charge is 0.573 e. The van der Waals surface area contributed by atoms with E-state index in [9.17, 15) is 22.8 Å². The van der Waals surface area contributed by atoms with E-state index in [2.05, 4.69) is 20.4 Å². The molecule has 0 saturated carbocycles. The molecule has 11 heteroatoms. The summed E-state index contributed by atoms with van der Waals surface area (Å²) in [4.78, 5) is 27.6. The highest BCUT2D eigenvalue weighted by Gasteiger charge is 2.32. The van der Waals surface area contributed by atoms with Crippen LogP contribution in [-0.4, -0.2) is 40.6 Å². The number of alkyl halides is 3. The van der Waals surface area contributed by atoms with Gasteiger partial charge in [0, 0.05) is 13.2 Å². The molecule has 8 nitrogen and oxygen atoms in total. The van der Waals surface area contributed by atoms with E-state index in [1.165, 1.54) is 22.9 Å². The lowest BCUT2D eigenvalue weighted by molar-refractivity contribution is -0.303. The van der Waals surface area contributed by atoms with Gasteiger partial charge in [-0.15, -0.1) is 13.2 Å². The van der Waals surface area contributed by atoms with Gasteiger partial charge in [0.05, 0.1) is 12.6 Å². The summed E-state index contributed by atoms with van der Waals surface area (Å²) in [6.07, 6.45) is 0.523. The molecule has 0 aliphatic heterocycles. The first kappa shape index (κ1) is 19.3. The van der Waals surface area contributed by atoms with Crippen LogP contribution in [0.4, 0.5) is 23.8 Å². The van der Waals surface area contributed by atoms with E-state index < -0.39 is 24.4 Å². The average Bonchev–Trinajstić information content (AvgIpc) is 2.88. The number of rotatable bonds is 5. The number of ether oxygens (including phenoxy) is 2. The highest BCUT2D eigenvalue weighted by Crippen LogP contribution is 2.23. The maximum Gasteiger partial charge on any atom is 0.573 e. The van der Waals surface area contributed by atoms with Gasteiger partial charge in [-0.25, -0.2) is 14.6 Å². The fourth-order valence-electron chi connectivity index (χ4n) is 2.15. The van der Waals surface area contributed by atoms with Gasteiger partial charge in [0.25, 0.3) is 0 Å². The predicted molar refractivity (Wildman–Crippen MR) is 84.1 cm³/mol. The number of hydrogen-bond donors (Lipinski definition) is 2. The average molecular weight is 374 g/mol. The van der Waals surface area contributed by atoms with Crippen LogP contribution < -0.4 is 10.6 Å². The second kappa shape index (κ2) is 7.93. The van der Waals surface area contributed by atoms with Gasteiger partial charge in [0.1, 0.15) is 5.76 Å². The Morgan fingerprint density at radius 2 is 2.15 bits per heavy atom. The molecule has 1 aromatic heterocycles. The molecule has 1 unspecified atom stereocenters. The molecule has 26 heavy (non-hydrogen) atoms. The third-order valence-corrected chi connectivity index (χ3v) is 3.19. The number of allylic oxidation sites excluding steroid dienone is 1. The Morgan fingerprint density at radius 3 is 2.73 bits per heavy atom. The number of esters is 1. The van der Waals surface area contributed by atoms with Crippen molar-refractivity contribution < 1.29 is 32.2 Å². The van der Waals surface area contributed by atoms with E-state index in [0.29, 0.717) is 0 Å². The Labute approximate surface area is 146 Å². The third kappa shape index (κ3) is 5.53. The van der Waals surface area contributed by atoms with Crippen LogP contribution in [0.25, 0.3) is 0 Å². The fourth-order valence-corrected chi connectivity index (χ4v) is 2.15. The summed E-state index contributed by atoms with van der Waals surface area (Å²) in [6, 6.07) is -1.13. The van der Waals surface area contributed by atoms with E-state index >= 15 is 0 Å². The molecule has 0 saturated heterocycles. The van der Waals surface area contributed by atoms with Gasteiger partial charge in [-0.05, 0) is 25.5 Å². The smallest absolute Gasteiger partial charge is 0.460 e. The Balaban J connectivity index is 1.88. The normalized spacial score (nSPS) is 16.7. The lowest BCUT2D eigenvalue weighted by atomic mass is 10.1. The highest BCUT2D eigenvalue weighted by atomic mass is 19.4. The van der Waals surface area contributed by atoms with Gasteiger partial charge >= 0.3 is 18.4 Å². The van der Waals surface area contributed by atoms with Crippen LogP contribution in [0.3, 0.4) is 0 Å². The number of anilines is 1. The maximum absolute atomic E-state index is 12.1. The molecule has 0 bridgehead atoms. The monoisotopic (exact) mass is 374 g/mol. The van der Waals surface area contributed by atoms with Crippen molar-refractivity contribution >= 4 is 17.8 Å². The van der Waals surface area contributed by atoms with Gasteiger partial charge in [0.2, 0.25) is 5.82 Å². The van der Waals surface area contributed by atoms with Crippen molar-refractivity contribution in [3.63, 3.8) is 0 Å². The number of nitrogens with zero attached hydrogens (tertiary/aromatic N) is 2. The Kier molecular flexibility index (Phi) is 5.90. The zero-order chi connectivity index (χ0) is 19.3. The molecule has 2 rings (SSSR count). The number of carbonyl (C=O) groups excluding carboxylic acids is 2. The number of aromatic nitrogens is 2. The lowest BCUT2D eigenvalue weighted by Crippen LogP contribution is -2.37. The topological polar surface area (TPSA) is 94.5 Å². The molecular formula is C15H17F3N4O4. The van der Waals surface area contributed by atoms with Crippen molar-refractivity contribution in [3.8, 4) is 0 Å². The second-order valence-corrected chi connectivity index (χ2v) is 5.24. The second-order valence-electron chi connectivity index (χ2n) is 5.24. The predicted octanol–water partition coefficient (Wildman–Crippen LogP) is 2.47. The molecule has 0 radical (unpaired) electrons. The zero-order valence-electron chi connectivity index (χ0n) is 14.0. The lowest BCUT2D eigenvalue weighted by Gasteiger charge is -2.18. The quantitative estimate of drug-likeness (QED) is 0.772. The van der Waals surface area contributed by atoms with E-state index in [0.717, 1.165) is 6.08 Å². The number of urea groups is 1. The van der Waals surface area contributed by atoms with Gasteiger partial charge in [-0.3, -0.25) is 5.32 Å². The number of carbonyl (C=O) groups is 2. The number of nitrogens with one attached hydrogen (secondary N) is 2. The van der Waals surface area contributed by atoms with Crippen LogP contribution in [0, 0.1) is 0 Å². The van der Waals surface area contributed by atoms with Gasteiger partial charge in [-0.1, -0.05) is 6.08 Å². The van der Waals surface area contributed by atoms with Crippen molar-refractivity contribution in [2.45, 2.75) is 25.7 Å². The molecule has 0 aromatic carbocycles. The van der Waals surface area contributed by atoms with Gasteiger partial charge in [0.15, 0.2) is 5.82 Å². The standard InChI is InChI=1S/C15H17F3N4O4/c1-3-25-13(23)12-20-11(8-22(12)2)21-14(24)19-9-4-6-10(7-5-9)26-15(16,17)18/h4,6-9H,3,5H2,1-2H3,(H2,19,21,24). The molecule has 1 aliphatic rings. The van der Waals surface area contributed by atoms with E-state index in [4.69, 9.17) is 4.74 Å². The molecule has 2 amide bonds. The number of halogens is 3. The van der Waals surface area contributed by atoms with Crippen molar-refractivity contribution in [2.24, 2.45) is 7.05 Å². The zero-order valence-corrected chi connectivity index (χ0v) is 14.0. The first-order valence-corrected chi connectivity index (χ1v) is 7.60. The molecule has 1 heterocycles. The van der Waals surface area contributed by atoms with Crippen molar-refractivity contribution in [3.05, 3.63) is 36.0 Å². The Hall–Kier alpha value is -2.98. The van der Waals surface area contributed by atoms with Crippen LogP contribution in [0.5, 0.6) is 0 Å². The first-order valence-electron chi connectivity index (χ1n) is 7.60. The molecule has 2 N–H and O–H groups in total. The summed E-state index contributed by atoms with van der Waals surface area (Å²) in [7, 11) is 1.57. The number of aryl methyl sites for hydroxylation is 1. The van der Waals surface area contributed by atoms with Crippen LogP contribution in [0.15, 0.2) is 30.2 Å². The van der Waals surface area contributed by atoms with Crippen molar-refractivity contribution in [2.75, 3.05) is 11.9 Å². The van der Waals surface area contributed by atoms with E-state index in [-0.39, 0.29) is 30.4 Å². The summed E-state index contributed by atoms with van der Waals surface area (Å²) in [6.45, 7) is 1.85. The first-order chi connectivity index (χ1) is 12.2. The van der Waals surface area contributed by atoms with Crippen LogP contribution >= 0.6 is 0 Å². The van der Waals surface area contributed by atoms with Crippen LogP contribution in [0.2, 0.25) is 0 Å². The number of amides is 2. The Morgan fingerprint density at radius 1 is 1.42 bits per heavy atom. The minimum absolute atomic E-state index is 0.0246. The summed E-state index contributed by atoms with van der Waals surface area (Å²) >= 11 is 0. The maximum atomic E-state index is 12.1. The SMILES string of the molecule is CCOC(=O)c1nc(NC(=O)NC2C=CC(OC(F)(F)F)=CC2)cn1C. The Bertz CT molecular complexity index is 740. The summed E-state index contributed by atoms with van der Waals surface area (Å²) in [5.74, 6) is -0.804. The number of hydrogen-bond acceptors (Lipinski definition) is 5. The summed E-state index contributed by atoms with van der Waals surface area (Å²) in [5.41, 5.74) is 0. The van der Waals surface area contributed by atoms with Crippen LogP contribution in [-0.2, 0) is 16.5 Å². The van der Waals surface area contributed by atoms with E-state index in [1.54, 1.807) is 14.0 Å². The summed E-state index contributed by atoms with van der Waals surface area (Å²) in [5, 5.41) is 4.99. The molecular weight excluding hydrogens is 357 g/mol. The summed E-state index contributed by atoms with van der Waals surface area (Å²) < 4.78 is 46.3. The minimum atomic E-state index is -4.76. The minimum Gasteiger partial charge on any atom is -0.460 e. The number of imidazole rings is 1. The fraction of sp³-hybridized carbons (Fsp3) is 0.400. The molecule has 0 fully saturated rings. The molecule has 1 aliphatic carbocycles. The molecule has 1 aromatic rings. The van der Waals surface area contributed by atoms with Gasteiger partial charge in [-0.2, -0.15) is 0 Å².